The molecule has 0 spiro atoms. The van der Waals surface area contributed by atoms with Gasteiger partial charge in [-0.2, -0.15) is 0 Å². The number of carbonyl (C=O) groups is 1. The van der Waals surface area contributed by atoms with Crippen molar-refractivity contribution in [3.05, 3.63) is 0 Å². The summed E-state index contributed by atoms with van der Waals surface area (Å²) in [6.07, 6.45) is 23.8. The van der Waals surface area contributed by atoms with Crippen LogP contribution in [0.2, 0.25) is 0 Å². The molecule has 0 aromatic rings. The second-order valence-corrected chi connectivity index (χ2v) is 10.1. The van der Waals surface area contributed by atoms with Crippen molar-refractivity contribution in [3.8, 4) is 0 Å². The lowest BCUT2D eigenvalue weighted by Gasteiger charge is -2.19. The van der Waals surface area contributed by atoms with Crippen LogP contribution in [0.1, 0.15) is 150 Å². The number of unbranched alkanes of at least 4 members (excludes halogenated alkanes) is 14. The van der Waals surface area contributed by atoms with Gasteiger partial charge in [0, 0.05) is 0 Å². The Hall–Kier alpha value is -0.530. The normalized spacial score (nSPS) is 14.4. The van der Waals surface area contributed by atoms with Crippen molar-refractivity contribution < 1.29 is 9.53 Å². The zero-order valence-electron chi connectivity index (χ0n) is 21.5. The van der Waals surface area contributed by atoms with E-state index >= 15 is 0 Å². The molecule has 0 aromatic carbocycles. The largest absolute Gasteiger partial charge is 0.465 e. The van der Waals surface area contributed by atoms with Crippen LogP contribution in [0, 0.1) is 17.8 Å². The van der Waals surface area contributed by atoms with Gasteiger partial charge in [-0.25, -0.2) is 0 Å². The molecular formula is C28H56O2. The smallest absolute Gasteiger partial charge is 0.308 e. The van der Waals surface area contributed by atoms with E-state index in [0.29, 0.717) is 12.5 Å². The predicted molar refractivity (Wildman–Crippen MR) is 133 cm³/mol. The van der Waals surface area contributed by atoms with E-state index in [4.69, 9.17) is 4.74 Å². The number of ether oxygens (including phenoxy) is 1. The van der Waals surface area contributed by atoms with Crippen molar-refractivity contribution in [2.45, 2.75) is 150 Å². The van der Waals surface area contributed by atoms with E-state index in [1.807, 2.05) is 6.92 Å². The second kappa shape index (κ2) is 21.7. The van der Waals surface area contributed by atoms with Crippen LogP contribution in [0.3, 0.4) is 0 Å². The first kappa shape index (κ1) is 29.5. The van der Waals surface area contributed by atoms with E-state index < -0.39 is 0 Å². The average Bonchev–Trinajstić information content (AvgIpc) is 2.72. The Kier molecular flexibility index (Phi) is 21.3. The van der Waals surface area contributed by atoms with E-state index in [2.05, 4.69) is 27.7 Å². The summed E-state index contributed by atoms with van der Waals surface area (Å²) < 4.78 is 5.51. The Labute approximate surface area is 190 Å². The molecule has 0 bridgehead atoms. The fourth-order valence-electron chi connectivity index (χ4n) is 4.44. The first-order chi connectivity index (χ1) is 14.5. The minimum absolute atomic E-state index is 0.0105. The fourth-order valence-corrected chi connectivity index (χ4v) is 4.44. The van der Waals surface area contributed by atoms with Crippen molar-refractivity contribution in [1.82, 2.24) is 0 Å². The quantitative estimate of drug-likeness (QED) is 0.128. The van der Waals surface area contributed by atoms with Gasteiger partial charge in [0.15, 0.2) is 0 Å². The summed E-state index contributed by atoms with van der Waals surface area (Å²) in [6.45, 7) is 11.7. The third-order valence-corrected chi connectivity index (χ3v) is 6.65. The molecule has 0 N–H and O–H groups in total. The maximum Gasteiger partial charge on any atom is 0.308 e. The molecule has 0 unspecified atom stereocenters. The second-order valence-electron chi connectivity index (χ2n) is 10.1. The zero-order valence-corrected chi connectivity index (χ0v) is 21.5. The van der Waals surface area contributed by atoms with Crippen molar-refractivity contribution in [1.29, 1.82) is 0 Å². The summed E-state index contributed by atoms with van der Waals surface area (Å²) in [4.78, 5) is 12.2. The first-order valence-electron chi connectivity index (χ1n) is 13.7. The highest BCUT2D eigenvalue weighted by molar-refractivity contribution is 5.71. The lowest BCUT2D eigenvalue weighted by Crippen LogP contribution is -2.18. The number of hydrogen-bond donors (Lipinski definition) is 0. The van der Waals surface area contributed by atoms with E-state index in [-0.39, 0.29) is 11.9 Å². The third-order valence-electron chi connectivity index (χ3n) is 6.65. The molecule has 30 heavy (non-hydrogen) atoms. The number of rotatable bonds is 22. The lowest BCUT2D eigenvalue weighted by atomic mass is 9.88. The number of carbonyl (C=O) groups excluding carboxylic acids is 1. The third kappa shape index (κ3) is 19.4. The SMILES string of the molecule is CCCCCCCCCCCCCCCCCOC(=O)[C@H](C)C[C@H](C)C[C@H](C)CC. The molecule has 2 nitrogen and oxygen atoms in total. The van der Waals surface area contributed by atoms with Gasteiger partial charge in [0.25, 0.3) is 0 Å². The summed E-state index contributed by atoms with van der Waals surface area (Å²) in [5, 5.41) is 0. The van der Waals surface area contributed by atoms with Crippen molar-refractivity contribution in [3.63, 3.8) is 0 Å². The highest BCUT2D eigenvalue weighted by Gasteiger charge is 2.18. The Bertz CT molecular complexity index is 366. The minimum atomic E-state index is 0.0105. The van der Waals surface area contributed by atoms with Gasteiger partial charge < -0.3 is 4.74 Å². The minimum Gasteiger partial charge on any atom is -0.465 e. The molecular weight excluding hydrogens is 368 g/mol. The van der Waals surface area contributed by atoms with E-state index in [1.54, 1.807) is 0 Å². The molecule has 0 rings (SSSR count). The van der Waals surface area contributed by atoms with Crippen LogP contribution in [0.25, 0.3) is 0 Å². The molecule has 180 valence electrons. The van der Waals surface area contributed by atoms with Crippen LogP contribution >= 0.6 is 0 Å². The lowest BCUT2D eigenvalue weighted by molar-refractivity contribution is -0.148. The van der Waals surface area contributed by atoms with Gasteiger partial charge >= 0.3 is 5.97 Å². The molecule has 3 atom stereocenters. The Morgan fingerprint density at radius 1 is 0.600 bits per heavy atom. The molecule has 0 fully saturated rings. The van der Waals surface area contributed by atoms with Crippen molar-refractivity contribution in [2.75, 3.05) is 6.61 Å². The molecule has 0 amide bonds. The van der Waals surface area contributed by atoms with Gasteiger partial charge in [-0.1, -0.05) is 131 Å². The Morgan fingerprint density at radius 2 is 1.03 bits per heavy atom. The molecule has 0 heterocycles. The molecule has 0 radical (unpaired) electrons. The van der Waals surface area contributed by atoms with Crippen LogP contribution in [-0.4, -0.2) is 12.6 Å². The Morgan fingerprint density at radius 3 is 1.47 bits per heavy atom. The number of hydrogen-bond acceptors (Lipinski definition) is 2. The molecule has 0 saturated carbocycles. The molecule has 2 heteroatoms. The molecule has 0 aliphatic carbocycles. The highest BCUT2D eigenvalue weighted by atomic mass is 16.5. The van der Waals surface area contributed by atoms with Gasteiger partial charge in [0.2, 0.25) is 0 Å². The molecule has 0 saturated heterocycles. The van der Waals surface area contributed by atoms with E-state index in [1.165, 1.54) is 103 Å². The van der Waals surface area contributed by atoms with Gasteiger partial charge in [0.05, 0.1) is 12.5 Å². The average molecular weight is 425 g/mol. The van der Waals surface area contributed by atoms with Gasteiger partial charge in [-0.05, 0) is 31.1 Å². The maximum atomic E-state index is 12.2. The fraction of sp³-hybridized carbons (Fsp3) is 0.964. The van der Waals surface area contributed by atoms with E-state index in [0.717, 1.165) is 18.8 Å². The molecule has 0 aliphatic heterocycles. The van der Waals surface area contributed by atoms with E-state index in [9.17, 15) is 4.79 Å². The summed E-state index contributed by atoms with van der Waals surface area (Å²) >= 11 is 0. The van der Waals surface area contributed by atoms with Gasteiger partial charge in [-0.3, -0.25) is 4.79 Å². The number of esters is 1. The topological polar surface area (TPSA) is 26.3 Å². The van der Waals surface area contributed by atoms with Crippen LogP contribution in [0.4, 0.5) is 0 Å². The first-order valence-corrected chi connectivity index (χ1v) is 13.7. The zero-order chi connectivity index (χ0) is 22.5. The van der Waals surface area contributed by atoms with Gasteiger partial charge in [0.1, 0.15) is 0 Å². The summed E-state index contributed by atoms with van der Waals surface area (Å²) in [5.74, 6) is 1.41. The standard InChI is InChI=1S/C28H56O2/c1-6-8-9-10-11-12-13-14-15-16-17-18-19-20-21-22-30-28(29)27(5)24-26(4)23-25(3)7-2/h25-27H,6-24H2,1-5H3/t25-,26-,27-/m1/s1. The molecule has 0 aromatic heterocycles. The van der Waals surface area contributed by atoms with Crippen LogP contribution in [-0.2, 0) is 9.53 Å². The van der Waals surface area contributed by atoms with Crippen molar-refractivity contribution in [2.24, 2.45) is 17.8 Å². The summed E-state index contributed by atoms with van der Waals surface area (Å²) in [6, 6.07) is 0. The van der Waals surface area contributed by atoms with Crippen LogP contribution < -0.4 is 0 Å². The highest BCUT2D eigenvalue weighted by Crippen LogP contribution is 2.22. The predicted octanol–water partition coefficient (Wildman–Crippen LogP) is 9.50. The van der Waals surface area contributed by atoms with Gasteiger partial charge in [-0.15, -0.1) is 0 Å². The maximum absolute atomic E-state index is 12.2. The van der Waals surface area contributed by atoms with Crippen LogP contribution in [0.5, 0.6) is 0 Å². The van der Waals surface area contributed by atoms with Crippen molar-refractivity contribution >= 4 is 5.97 Å². The summed E-state index contributed by atoms with van der Waals surface area (Å²) in [5.41, 5.74) is 0. The monoisotopic (exact) mass is 424 g/mol. The molecule has 0 aliphatic rings. The summed E-state index contributed by atoms with van der Waals surface area (Å²) in [7, 11) is 0. The van der Waals surface area contributed by atoms with Crippen LogP contribution in [0.15, 0.2) is 0 Å². The Balaban J connectivity index is 3.37.